The van der Waals surface area contributed by atoms with Crippen LogP contribution in [-0.4, -0.2) is 36.1 Å². The second-order valence-electron chi connectivity index (χ2n) is 5.24. The van der Waals surface area contributed by atoms with Crippen LogP contribution < -0.4 is 0 Å². The predicted octanol–water partition coefficient (Wildman–Crippen LogP) is 2.51. The molecule has 3 nitrogen and oxygen atoms in total. The van der Waals surface area contributed by atoms with Crippen LogP contribution in [0, 0.1) is 0 Å². The Morgan fingerprint density at radius 3 is 2.67 bits per heavy atom. The molecule has 0 radical (unpaired) electrons. The standard InChI is InChI=1S/C15H21NO2/c1-16-10-9-14(11-16)13-7-5-12(6-8-13)3-2-4-15(17)18/h5-8,14H,2-4,9-11H2,1H3,(H,17,18). The lowest BCUT2D eigenvalue weighted by atomic mass is 9.96. The Labute approximate surface area is 108 Å². The van der Waals surface area contributed by atoms with E-state index in [0.29, 0.717) is 5.92 Å². The van der Waals surface area contributed by atoms with Crippen molar-refractivity contribution in [2.45, 2.75) is 31.6 Å². The van der Waals surface area contributed by atoms with Crippen LogP contribution in [0.2, 0.25) is 0 Å². The molecule has 0 spiro atoms. The Hall–Kier alpha value is -1.35. The van der Waals surface area contributed by atoms with Gasteiger partial charge in [0.1, 0.15) is 0 Å². The van der Waals surface area contributed by atoms with E-state index in [1.54, 1.807) is 0 Å². The summed E-state index contributed by atoms with van der Waals surface area (Å²) < 4.78 is 0. The fraction of sp³-hybridized carbons (Fsp3) is 0.533. The maximum atomic E-state index is 10.4. The number of likely N-dealkylation sites (N-methyl/N-ethyl adjacent to an activating group) is 1. The van der Waals surface area contributed by atoms with E-state index >= 15 is 0 Å². The van der Waals surface area contributed by atoms with Gasteiger partial charge in [-0.2, -0.15) is 0 Å². The molecule has 3 heteroatoms. The molecule has 1 aromatic carbocycles. The Morgan fingerprint density at radius 2 is 2.11 bits per heavy atom. The zero-order chi connectivity index (χ0) is 13.0. The molecule has 1 fully saturated rings. The van der Waals surface area contributed by atoms with Gasteiger partial charge in [-0.25, -0.2) is 0 Å². The van der Waals surface area contributed by atoms with Gasteiger partial charge in [-0.05, 0) is 49.9 Å². The molecule has 0 aliphatic carbocycles. The van der Waals surface area contributed by atoms with Gasteiger partial charge in [-0.3, -0.25) is 4.79 Å². The first-order chi connectivity index (χ1) is 8.65. The van der Waals surface area contributed by atoms with E-state index in [-0.39, 0.29) is 6.42 Å². The average molecular weight is 247 g/mol. The number of aryl methyl sites for hydroxylation is 1. The molecule has 0 aromatic heterocycles. The lowest BCUT2D eigenvalue weighted by Gasteiger charge is -2.11. The lowest BCUT2D eigenvalue weighted by Crippen LogP contribution is -2.13. The van der Waals surface area contributed by atoms with Crippen LogP contribution in [0.5, 0.6) is 0 Å². The van der Waals surface area contributed by atoms with E-state index in [0.717, 1.165) is 19.4 Å². The molecule has 18 heavy (non-hydrogen) atoms. The number of likely N-dealkylation sites (tertiary alicyclic amines) is 1. The van der Waals surface area contributed by atoms with Crippen molar-refractivity contribution in [1.29, 1.82) is 0 Å². The van der Waals surface area contributed by atoms with Crippen LogP contribution in [0.4, 0.5) is 0 Å². The van der Waals surface area contributed by atoms with Crippen molar-refractivity contribution < 1.29 is 9.90 Å². The van der Waals surface area contributed by atoms with Crippen molar-refractivity contribution in [3.8, 4) is 0 Å². The summed E-state index contributed by atoms with van der Waals surface area (Å²) in [4.78, 5) is 12.8. The maximum absolute atomic E-state index is 10.4. The quantitative estimate of drug-likeness (QED) is 0.869. The number of aliphatic carboxylic acids is 1. The minimum Gasteiger partial charge on any atom is -0.481 e. The van der Waals surface area contributed by atoms with E-state index in [1.165, 1.54) is 24.1 Å². The number of hydrogen-bond acceptors (Lipinski definition) is 2. The molecule has 98 valence electrons. The number of benzene rings is 1. The van der Waals surface area contributed by atoms with Crippen LogP contribution in [-0.2, 0) is 11.2 Å². The molecule has 1 unspecified atom stereocenters. The molecule has 0 amide bonds. The third-order valence-electron chi connectivity index (χ3n) is 3.70. The zero-order valence-electron chi connectivity index (χ0n) is 10.9. The fourth-order valence-corrected chi connectivity index (χ4v) is 2.61. The molecule has 1 heterocycles. The van der Waals surface area contributed by atoms with Crippen molar-refractivity contribution in [3.05, 3.63) is 35.4 Å². The molecule has 1 saturated heterocycles. The van der Waals surface area contributed by atoms with Crippen LogP contribution in [0.15, 0.2) is 24.3 Å². The zero-order valence-corrected chi connectivity index (χ0v) is 10.9. The van der Waals surface area contributed by atoms with Crippen molar-refractivity contribution in [3.63, 3.8) is 0 Å². The number of carboxylic acid groups (broad SMARTS) is 1. The molecular weight excluding hydrogens is 226 g/mol. The predicted molar refractivity (Wildman–Crippen MR) is 71.9 cm³/mol. The van der Waals surface area contributed by atoms with Crippen LogP contribution >= 0.6 is 0 Å². The van der Waals surface area contributed by atoms with E-state index in [1.807, 2.05) is 0 Å². The third-order valence-corrected chi connectivity index (χ3v) is 3.70. The van der Waals surface area contributed by atoms with Crippen LogP contribution in [0.25, 0.3) is 0 Å². The number of carboxylic acids is 1. The fourth-order valence-electron chi connectivity index (χ4n) is 2.61. The summed E-state index contributed by atoms with van der Waals surface area (Å²) in [6, 6.07) is 8.71. The van der Waals surface area contributed by atoms with E-state index < -0.39 is 5.97 Å². The normalized spacial score (nSPS) is 20.2. The highest BCUT2D eigenvalue weighted by Crippen LogP contribution is 2.26. The van der Waals surface area contributed by atoms with Gasteiger partial charge in [0.25, 0.3) is 0 Å². The molecule has 1 atom stereocenters. The Kier molecular flexibility index (Phi) is 4.37. The van der Waals surface area contributed by atoms with Gasteiger partial charge in [-0.15, -0.1) is 0 Å². The van der Waals surface area contributed by atoms with Crippen molar-refractivity contribution in [2.24, 2.45) is 0 Å². The summed E-state index contributed by atoms with van der Waals surface area (Å²) >= 11 is 0. The van der Waals surface area contributed by atoms with Gasteiger partial charge in [0, 0.05) is 13.0 Å². The average Bonchev–Trinajstić information content (AvgIpc) is 2.76. The van der Waals surface area contributed by atoms with E-state index in [4.69, 9.17) is 5.11 Å². The monoisotopic (exact) mass is 247 g/mol. The molecule has 1 aliphatic rings. The highest BCUT2D eigenvalue weighted by atomic mass is 16.4. The molecule has 0 bridgehead atoms. The highest BCUT2D eigenvalue weighted by molar-refractivity contribution is 5.66. The number of nitrogens with zero attached hydrogens (tertiary/aromatic N) is 1. The first-order valence-electron chi connectivity index (χ1n) is 6.64. The van der Waals surface area contributed by atoms with E-state index in [2.05, 4.69) is 36.2 Å². The SMILES string of the molecule is CN1CCC(c2ccc(CCCC(=O)O)cc2)C1. The Morgan fingerprint density at radius 1 is 1.39 bits per heavy atom. The van der Waals surface area contributed by atoms with Gasteiger partial charge >= 0.3 is 5.97 Å². The van der Waals surface area contributed by atoms with Gasteiger partial charge in [0.05, 0.1) is 0 Å². The third kappa shape index (κ3) is 3.57. The van der Waals surface area contributed by atoms with Crippen LogP contribution in [0.3, 0.4) is 0 Å². The lowest BCUT2D eigenvalue weighted by molar-refractivity contribution is -0.137. The first kappa shape index (κ1) is 13.1. The van der Waals surface area contributed by atoms with Crippen molar-refractivity contribution >= 4 is 5.97 Å². The molecule has 1 aliphatic heterocycles. The largest absolute Gasteiger partial charge is 0.481 e. The highest BCUT2D eigenvalue weighted by Gasteiger charge is 2.20. The summed E-state index contributed by atoms with van der Waals surface area (Å²) in [5.41, 5.74) is 2.66. The Balaban J connectivity index is 1.87. The molecule has 2 rings (SSSR count). The summed E-state index contributed by atoms with van der Waals surface area (Å²) in [5, 5.41) is 8.60. The number of hydrogen-bond donors (Lipinski definition) is 1. The topological polar surface area (TPSA) is 40.5 Å². The van der Waals surface area contributed by atoms with Crippen molar-refractivity contribution in [2.75, 3.05) is 20.1 Å². The number of rotatable bonds is 5. The smallest absolute Gasteiger partial charge is 0.303 e. The molecule has 1 N–H and O–H groups in total. The summed E-state index contributed by atoms with van der Waals surface area (Å²) in [6.45, 7) is 2.34. The van der Waals surface area contributed by atoms with Gasteiger partial charge in [0.15, 0.2) is 0 Å². The maximum Gasteiger partial charge on any atom is 0.303 e. The first-order valence-corrected chi connectivity index (χ1v) is 6.64. The molecule has 0 saturated carbocycles. The van der Waals surface area contributed by atoms with E-state index in [9.17, 15) is 4.79 Å². The second kappa shape index (κ2) is 6.01. The van der Waals surface area contributed by atoms with Gasteiger partial charge in [0.2, 0.25) is 0 Å². The minimum absolute atomic E-state index is 0.259. The van der Waals surface area contributed by atoms with Gasteiger partial charge < -0.3 is 10.0 Å². The summed E-state index contributed by atoms with van der Waals surface area (Å²) in [6.07, 6.45) is 3.09. The number of carbonyl (C=O) groups is 1. The van der Waals surface area contributed by atoms with Crippen LogP contribution in [0.1, 0.15) is 36.3 Å². The van der Waals surface area contributed by atoms with Gasteiger partial charge in [-0.1, -0.05) is 24.3 Å². The molecular formula is C15H21NO2. The Bertz CT molecular complexity index is 399. The summed E-state index contributed by atoms with van der Waals surface area (Å²) in [7, 11) is 2.17. The second-order valence-corrected chi connectivity index (χ2v) is 5.24. The minimum atomic E-state index is -0.708. The molecule has 1 aromatic rings. The van der Waals surface area contributed by atoms with Crippen molar-refractivity contribution in [1.82, 2.24) is 4.90 Å². The summed E-state index contributed by atoms with van der Waals surface area (Å²) in [5.74, 6) is -0.0383.